The van der Waals surface area contributed by atoms with E-state index in [1.165, 1.54) is 18.4 Å². The molecule has 27 heavy (non-hydrogen) atoms. The molecule has 3 aromatic rings. The molecule has 0 aliphatic rings. The number of carbonyl (C=O) groups excluding carboxylic acids is 2. The minimum absolute atomic E-state index is 0.410. The molecule has 5 nitrogen and oxygen atoms in total. The first-order chi connectivity index (χ1) is 13.1. The topological polar surface area (TPSA) is 64.6 Å². The number of methoxy groups -OCH3 is 1. The van der Waals surface area contributed by atoms with Crippen LogP contribution in [0, 0.1) is 0 Å². The van der Waals surface area contributed by atoms with Gasteiger partial charge in [-0.25, -0.2) is 4.79 Å². The first-order valence-corrected chi connectivity index (χ1v) is 9.22. The maximum atomic E-state index is 12.2. The van der Waals surface area contributed by atoms with Crippen molar-refractivity contribution in [3.63, 3.8) is 0 Å². The van der Waals surface area contributed by atoms with E-state index >= 15 is 0 Å². The van der Waals surface area contributed by atoms with E-state index in [0.717, 1.165) is 10.4 Å². The summed E-state index contributed by atoms with van der Waals surface area (Å²) in [5.74, 6) is -0.566. The summed E-state index contributed by atoms with van der Waals surface area (Å²) in [5, 5.41) is 3.07. The molecule has 138 valence electrons. The summed E-state index contributed by atoms with van der Waals surface area (Å²) in [6.07, 6.45) is 0. The van der Waals surface area contributed by atoms with Crippen LogP contribution < -0.4 is 10.1 Å². The van der Waals surface area contributed by atoms with Crippen molar-refractivity contribution in [2.24, 2.45) is 0 Å². The van der Waals surface area contributed by atoms with E-state index in [9.17, 15) is 9.59 Å². The Hall–Kier alpha value is -2.83. The Labute approximate surface area is 165 Å². The Bertz CT molecular complexity index is 956. The number of rotatable bonds is 6. The van der Waals surface area contributed by atoms with E-state index in [0.29, 0.717) is 21.3 Å². The van der Waals surface area contributed by atoms with Crippen LogP contribution in [0.5, 0.6) is 5.75 Å². The molecule has 1 heterocycles. The van der Waals surface area contributed by atoms with Crippen molar-refractivity contribution in [1.82, 2.24) is 0 Å². The van der Waals surface area contributed by atoms with Gasteiger partial charge in [0.15, 0.2) is 6.61 Å². The molecule has 1 aromatic heterocycles. The van der Waals surface area contributed by atoms with Gasteiger partial charge in [0.05, 0.1) is 12.8 Å². The standard InChI is InChI=1S/C20H16ClNO4S/c1-25-16-8-7-14(21)11-15(16)22-19(23)12-26-20(24)18-10-9-17(27-18)13-5-3-2-4-6-13/h2-11H,12H2,1H3,(H,22,23). The molecule has 0 bridgehead atoms. The van der Waals surface area contributed by atoms with Crippen LogP contribution in [0.4, 0.5) is 5.69 Å². The monoisotopic (exact) mass is 401 g/mol. The van der Waals surface area contributed by atoms with Gasteiger partial charge in [-0.15, -0.1) is 11.3 Å². The molecule has 7 heteroatoms. The second kappa shape index (κ2) is 8.70. The number of ether oxygens (including phenoxy) is 2. The fourth-order valence-corrected chi connectivity index (χ4v) is 3.45. The molecule has 1 N–H and O–H groups in total. The largest absolute Gasteiger partial charge is 0.495 e. The van der Waals surface area contributed by atoms with Crippen molar-refractivity contribution in [1.29, 1.82) is 0 Å². The Kier molecular flexibility index (Phi) is 6.11. The van der Waals surface area contributed by atoms with Gasteiger partial charge in [0.1, 0.15) is 10.6 Å². The third-order valence-electron chi connectivity index (χ3n) is 3.64. The summed E-state index contributed by atoms with van der Waals surface area (Å²) in [6.45, 7) is -0.410. The van der Waals surface area contributed by atoms with Gasteiger partial charge >= 0.3 is 5.97 Å². The summed E-state index contributed by atoms with van der Waals surface area (Å²) in [6, 6.07) is 18.1. The highest BCUT2D eigenvalue weighted by atomic mass is 35.5. The van der Waals surface area contributed by atoms with E-state index < -0.39 is 18.5 Å². The second-order valence-corrected chi connectivity index (χ2v) is 7.02. The van der Waals surface area contributed by atoms with Crippen LogP contribution in [0.2, 0.25) is 5.02 Å². The van der Waals surface area contributed by atoms with Crippen LogP contribution in [0.25, 0.3) is 10.4 Å². The quantitative estimate of drug-likeness (QED) is 0.598. The number of carbonyl (C=O) groups is 2. The van der Waals surface area contributed by atoms with Crippen molar-refractivity contribution in [3.8, 4) is 16.2 Å². The highest BCUT2D eigenvalue weighted by Gasteiger charge is 2.15. The number of anilines is 1. The number of nitrogens with one attached hydrogen (secondary N) is 1. The van der Waals surface area contributed by atoms with Gasteiger partial charge in [0.25, 0.3) is 5.91 Å². The lowest BCUT2D eigenvalue weighted by atomic mass is 10.2. The predicted octanol–water partition coefficient (Wildman–Crippen LogP) is 4.87. The van der Waals surface area contributed by atoms with Gasteiger partial charge in [-0.3, -0.25) is 4.79 Å². The summed E-state index contributed by atoms with van der Waals surface area (Å²) in [7, 11) is 1.49. The molecule has 0 saturated heterocycles. The van der Waals surface area contributed by atoms with Crippen molar-refractivity contribution >= 4 is 40.5 Å². The predicted molar refractivity (Wildman–Crippen MR) is 107 cm³/mol. The van der Waals surface area contributed by atoms with E-state index in [1.54, 1.807) is 24.3 Å². The average Bonchev–Trinajstić information content (AvgIpc) is 3.17. The molecule has 0 aliphatic heterocycles. The van der Waals surface area contributed by atoms with Crippen molar-refractivity contribution < 1.29 is 19.1 Å². The Morgan fingerprint density at radius 2 is 1.85 bits per heavy atom. The molecule has 0 unspecified atom stereocenters. The highest BCUT2D eigenvalue weighted by molar-refractivity contribution is 7.17. The summed E-state index contributed by atoms with van der Waals surface area (Å²) in [4.78, 5) is 25.6. The van der Waals surface area contributed by atoms with Gasteiger partial charge in [-0.2, -0.15) is 0 Å². The van der Waals surface area contributed by atoms with Gasteiger partial charge in [-0.1, -0.05) is 41.9 Å². The fourth-order valence-electron chi connectivity index (χ4n) is 2.37. The summed E-state index contributed by atoms with van der Waals surface area (Å²) >= 11 is 7.24. The third kappa shape index (κ3) is 4.87. The van der Waals surface area contributed by atoms with E-state index in [1.807, 2.05) is 36.4 Å². The van der Waals surface area contributed by atoms with Gasteiger partial charge in [0, 0.05) is 9.90 Å². The molecule has 0 saturated carbocycles. The highest BCUT2D eigenvalue weighted by Crippen LogP contribution is 2.29. The van der Waals surface area contributed by atoms with Crippen LogP contribution in [-0.4, -0.2) is 25.6 Å². The fraction of sp³-hybridized carbons (Fsp3) is 0.100. The Balaban J connectivity index is 1.59. The molecule has 2 aromatic carbocycles. The normalized spacial score (nSPS) is 10.3. The maximum Gasteiger partial charge on any atom is 0.348 e. The molecular weight excluding hydrogens is 386 g/mol. The smallest absolute Gasteiger partial charge is 0.348 e. The van der Waals surface area contributed by atoms with E-state index in [4.69, 9.17) is 21.1 Å². The number of hydrogen-bond donors (Lipinski definition) is 1. The van der Waals surface area contributed by atoms with Crippen LogP contribution >= 0.6 is 22.9 Å². The average molecular weight is 402 g/mol. The van der Waals surface area contributed by atoms with Crippen LogP contribution in [0.15, 0.2) is 60.7 Å². The van der Waals surface area contributed by atoms with Crippen molar-refractivity contribution in [3.05, 3.63) is 70.6 Å². The number of hydrogen-bond acceptors (Lipinski definition) is 5. The number of thiophene rings is 1. The molecule has 1 amide bonds. The van der Waals surface area contributed by atoms with Crippen LogP contribution in [-0.2, 0) is 9.53 Å². The first-order valence-electron chi connectivity index (χ1n) is 8.02. The minimum atomic E-state index is -0.546. The molecule has 0 spiro atoms. The third-order valence-corrected chi connectivity index (χ3v) is 4.98. The number of halogens is 1. The summed E-state index contributed by atoms with van der Waals surface area (Å²) in [5.41, 5.74) is 1.43. The lowest BCUT2D eigenvalue weighted by Gasteiger charge is -2.10. The zero-order chi connectivity index (χ0) is 19.2. The van der Waals surface area contributed by atoms with Gasteiger partial charge < -0.3 is 14.8 Å². The Morgan fingerprint density at radius 1 is 1.07 bits per heavy atom. The molecule has 0 fully saturated rings. The lowest BCUT2D eigenvalue weighted by Crippen LogP contribution is -2.20. The molecule has 0 atom stereocenters. The van der Waals surface area contributed by atoms with Crippen LogP contribution in [0.3, 0.4) is 0 Å². The van der Waals surface area contributed by atoms with E-state index in [2.05, 4.69) is 5.32 Å². The van der Waals surface area contributed by atoms with Gasteiger partial charge in [0.2, 0.25) is 0 Å². The lowest BCUT2D eigenvalue weighted by molar-refractivity contribution is -0.119. The zero-order valence-electron chi connectivity index (χ0n) is 14.4. The zero-order valence-corrected chi connectivity index (χ0v) is 16.0. The van der Waals surface area contributed by atoms with Crippen molar-refractivity contribution in [2.75, 3.05) is 19.0 Å². The molecular formula is C20H16ClNO4S. The minimum Gasteiger partial charge on any atom is -0.495 e. The SMILES string of the molecule is COc1ccc(Cl)cc1NC(=O)COC(=O)c1ccc(-c2ccccc2)s1. The van der Waals surface area contributed by atoms with Crippen LogP contribution in [0.1, 0.15) is 9.67 Å². The number of esters is 1. The molecule has 3 rings (SSSR count). The van der Waals surface area contributed by atoms with Gasteiger partial charge in [-0.05, 0) is 35.9 Å². The second-order valence-electron chi connectivity index (χ2n) is 5.50. The number of benzene rings is 2. The maximum absolute atomic E-state index is 12.2. The Morgan fingerprint density at radius 3 is 2.59 bits per heavy atom. The van der Waals surface area contributed by atoms with E-state index in [-0.39, 0.29) is 0 Å². The first kappa shape index (κ1) is 18.9. The number of amides is 1. The van der Waals surface area contributed by atoms with Crippen molar-refractivity contribution in [2.45, 2.75) is 0 Å². The molecule has 0 radical (unpaired) electrons. The summed E-state index contributed by atoms with van der Waals surface area (Å²) < 4.78 is 10.3. The molecule has 0 aliphatic carbocycles.